The van der Waals surface area contributed by atoms with E-state index in [-0.39, 0.29) is 0 Å². The molecule has 1 aliphatic heterocycles. The van der Waals surface area contributed by atoms with Crippen LogP contribution in [-0.2, 0) is 6.42 Å². The first-order valence-electron chi connectivity index (χ1n) is 4.54. The van der Waals surface area contributed by atoms with E-state index in [2.05, 4.69) is 43.7 Å². The third kappa shape index (κ3) is 0.985. The molecule has 0 spiro atoms. The van der Waals surface area contributed by atoms with E-state index in [1.54, 1.807) is 0 Å². The van der Waals surface area contributed by atoms with Crippen LogP contribution >= 0.6 is 0 Å². The summed E-state index contributed by atoms with van der Waals surface area (Å²) in [7, 11) is 0. The molecule has 0 fully saturated rings. The molecule has 0 bridgehead atoms. The number of tetrazole rings is 1. The van der Waals surface area contributed by atoms with E-state index in [1.807, 2.05) is 6.07 Å². The number of hydrogen-bond acceptors (Lipinski definition) is 4. The van der Waals surface area contributed by atoms with Gasteiger partial charge < -0.3 is 4.90 Å². The first kappa shape index (κ1) is 7.49. The predicted octanol–water partition coefficient (Wildman–Crippen LogP) is 0.894. The first-order valence-corrected chi connectivity index (χ1v) is 4.54. The van der Waals surface area contributed by atoms with Crippen LogP contribution in [0.25, 0.3) is 0 Å². The Labute approximate surface area is 80.7 Å². The second-order valence-corrected chi connectivity index (χ2v) is 3.26. The Bertz CT molecular complexity index is 436. The number of para-hydroxylation sites is 1. The Morgan fingerprint density at radius 3 is 3.07 bits per heavy atom. The van der Waals surface area contributed by atoms with Gasteiger partial charge in [-0.15, -0.1) is 0 Å². The highest BCUT2D eigenvalue weighted by Crippen LogP contribution is 2.31. The summed E-state index contributed by atoms with van der Waals surface area (Å²) in [5, 5.41) is 13.8. The average Bonchev–Trinajstić information content (AvgIpc) is 2.85. The van der Waals surface area contributed by atoms with Crippen molar-refractivity contribution in [1.29, 1.82) is 0 Å². The topological polar surface area (TPSA) is 57.7 Å². The fraction of sp³-hybridized carbons (Fsp3) is 0.222. The molecule has 0 unspecified atom stereocenters. The van der Waals surface area contributed by atoms with E-state index in [0.29, 0.717) is 0 Å². The van der Waals surface area contributed by atoms with Crippen molar-refractivity contribution in [3.05, 3.63) is 29.8 Å². The highest BCUT2D eigenvalue weighted by molar-refractivity contribution is 5.65. The van der Waals surface area contributed by atoms with Crippen LogP contribution in [0.1, 0.15) is 5.56 Å². The third-order valence-corrected chi connectivity index (χ3v) is 2.48. The monoisotopic (exact) mass is 187 g/mol. The number of anilines is 2. The van der Waals surface area contributed by atoms with Crippen molar-refractivity contribution in [3.8, 4) is 0 Å². The molecule has 1 aromatic heterocycles. The zero-order valence-electron chi connectivity index (χ0n) is 7.51. The summed E-state index contributed by atoms with van der Waals surface area (Å²) in [5.41, 5.74) is 2.55. The van der Waals surface area contributed by atoms with E-state index < -0.39 is 0 Å². The highest BCUT2D eigenvalue weighted by atomic mass is 15.5. The first-order chi connectivity index (χ1) is 6.95. The molecule has 2 aromatic rings. The number of aromatic nitrogens is 4. The molecule has 5 heteroatoms. The maximum absolute atomic E-state index is 3.91. The van der Waals surface area contributed by atoms with Gasteiger partial charge in [0.05, 0.1) is 0 Å². The Morgan fingerprint density at radius 2 is 2.21 bits per heavy atom. The van der Waals surface area contributed by atoms with Gasteiger partial charge in [-0.2, -0.15) is 0 Å². The lowest BCUT2D eigenvalue weighted by atomic mass is 10.2. The van der Waals surface area contributed by atoms with Gasteiger partial charge in [0, 0.05) is 12.2 Å². The minimum atomic E-state index is 0.718. The van der Waals surface area contributed by atoms with Crippen LogP contribution in [0, 0.1) is 0 Å². The van der Waals surface area contributed by atoms with Gasteiger partial charge in [-0.1, -0.05) is 23.3 Å². The fourth-order valence-electron chi connectivity index (χ4n) is 1.83. The lowest BCUT2D eigenvalue weighted by Crippen LogP contribution is -2.14. The van der Waals surface area contributed by atoms with Gasteiger partial charge in [0.25, 0.3) is 0 Å². The van der Waals surface area contributed by atoms with Crippen molar-refractivity contribution in [2.24, 2.45) is 0 Å². The van der Waals surface area contributed by atoms with E-state index >= 15 is 0 Å². The quantitative estimate of drug-likeness (QED) is 0.720. The highest BCUT2D eigenvalue weighted by Gasteiger charge is 2.21. The van der Waals surface area contributed by atoms with Crippen LogP contribution in [0.2, 0.25) is 0 Å². The van der Waals surface area contributed by atoms with Crippen molar-refractivity contribution in [3.63, 3.8) is 0 Å². The number of aromatic amines is 1. The minimum absolute atomic E-state index is 0.718. The largest absolute Gasteiger partial charge is 0.309 e. The van der Waals surface area contributed by atoms with Gasteiger partial charge >= 0.3 is 0 Å². The van der Waals surface area contributed by atoms with E-state index in [4.69, 9.17) is 0 Å². The van der Waals surface area contributed by atoms with Crippen LogP contribution in [-0.4, -0.2) is 27.2 Å². The predicted molar refractivity (Wildman–Crippen MR) is 51.3 cm³/mol. The zero-order valence-corrected chi connectivity index (χ0v) is 7.51. The average molecular weight is 187 g/mol. The second-order valence-electron chi connectivity index (χ2n) is 3.26. The minimum Gasteiger partial charge on any atom is -0.309 e. The summed E-state index contributed by atoms with van der Waals surface area (Å²) in [6.45, 7) is 0.941. The van der Waals surface area contributed by atoms with Crippen LogP contribution in [0.3, 0.4) is 0 Å². The Hall–Kier alpha value is -1.91. The molecular formula is C9H9N5. The summed E-state index contributed by atoms with van der Waals surface area (Å²) in [5.74, 6) is 0.718. The van der Waals surface area contributed by atoms with Gasteiger partial charge in [0.1, 0.15) is 0 Å². The number of nitrogens with one attached hydrogen (secondary N) is 1. The number of nitrogens with zero attached hydrogens (tertiary/aromatic N) is 4. The van der Waals surface area contributed by atoms with Gasteiger partial charge in [-0.05, 0) is 28.5 Å². The molecule has 0 atom stereocenters. The van der Waals surface area contributed by atoms with Crippen molar-refractivity contribution in [2.75, 3.05) is 11.4 Å². The molecule has 0 amide bonds. The van der Waals surface area contributed by atoms with E-state index in [9.17, 15) is 0 Å². The van der Waals surface area contributed by atoms with Crippen LogP contribution in [0.5, 0.6) is 0 Å². The van der Waals surface area contributed by atoms with Crippen LogP contribution < -0.4 is 4.90 Å². The molecule has 3 rings (SSSR count). The van der Waals surface area contributed by atoms with Gasteiger partial charge in [-0.25, -0.2) is 5.10 Å². The number of hydrogen-bond donors (Lipinski definition) is 1. The van der Waals surface area contributed by atoms with Crippen molar-refractivity contribution in [1.82, 2.24) is 20.6 Å². The smallest absolute Gasteiger partial charge is 0.247 e. The SMILES string of the molecule is c1ccc2c(c1)CCN2c1nnn[nH]1. The Kier molecular flexibility index (Phi) is 1.50. The molecule has 0 saturated carbocycles. The summed E-state index contributed by atoms with van der Waals surface area (Å²) in [6.07, 6.45) is 1.05. The molecule has 1 aromatic carbocycles. The van der Waals surface area contributed by atoms with Crippen LogP contribution in [0.15, 0.2) is 24.3 Å². The lowest BCUT2D eigenvalue weighted by molar-refractivity contribution is 0.881. The molecule has 1 N–H and O–H groups in total. The molecule has 5 nitrogen and oxygen atoms in total. The lowest BCUT2D eigenvalue weighted by Gasteiger charge is -2.13. The Balaban J connectivity index is 2.06. The molecule has 70 valence electrons. The van der Waals surface area contributed by atoms with Gasteiger partial charge in [0.2, 0.25) is 5.95 Å². The molecular weight excluding hydrogens is 178 g/mol. The van der Waals surface area contributed by atoms with Crippen molar-refractivity contribution >= 4 is 11.6 Å². The summed E-state index contributed by atoms with van der Waals surface area (Å²) < 4.78 is 0. The number of H-pyrrole nitrogens is 1. The second kappa shape index (κ2) is 2.80. The number of rotatable bonds is 1. The standard InChI is InChI=1S/C9H9N5/c1-2-4-8-7(3-1)5-6-14(8)9-10-12-13-11-9/h1-4H,5-6H2,(H,10,11,12,13). The van der Waals surface area contributed by atoms with Gasteiger partial charge in [-0.3, -0.25) is 0 Å². The summed E-state index contributed by atoms with van der Waals surface area (Å²) in [4.78, 5) is 2.09. The normalized spacial score (nSPS) is 14.4. The molecule has 0 saturated heterocycles. The van der Waals surface area contributed by atoms with Gasteiger partial charge in [0.15, 0.2) is 0 Å². The van der Waals surface area contributed by atoms with Crippen molar-refractivity contribution < 1.29 is 0 Å². The molecule has 0 aliphatic carbocycles. The fourth-order valence-corrected chi connectivity index (χ4v) is 1.83. The maximum Gasteiger partial charge on any atom is 0.247 e. The van der Waals surface area contributed by atoms with E-state index in [1.165, 1.54) is 11.3 Å². The molecule has 0 radical (unpaired) electrons. The Morgan fingerprint density at radius 1 is 1.29 bits per heavy atom. The summed E-state index contributed by atoms with van der Waals surface area (Å²) in [6, 6.07) is 8.31. The molecule has 14 heavy (non-hydrogen) atoms. The van der Waals surface area contributed by atoms with Crippen molar-refractivity contribution in [2.45, 2.75) is 6.42 Å². The third-order valence-electron chi connectivity index (χ3n) is 2.48. The zero-order chi connectivity index (χ0) is 9.38. The molecule has 2 heterocycles. The number of benzene rings is 1. The molecule has 1 aliphatic rings. The number of fused-ring (bicyclic) bond motifs is 1. The van der Waals surface area contributed by atoms with Crippen LogP contribution in [0.4, 0.5) is 11.6 Å². The van der Waals surface area contributed by atoms with E-state index in [0.717, 1.165) is 18.9 Å². The maximum atomic E-state index is 3.91. The summed E-state index contributed by atoms with van der Waals surface area (Å²) >= 11 is 0.